The summed E-state index contributed by atoms with van der Waals surface area (Å²) in [5, 5.41) is 3.03. The van der Waals surface area contributed by atoms with Crippen LogP contribution < -0.4 is 5.73 Å². The van der Waals surface area contributed by atoms with Gasteiger partial charge in [0.05, 0.1) is 5.69 Å². The van der Waals surface area contributed by atoms with E-state index >= 15 is 0 Å². The van der Waals surface area contributed by atoms with Crippen molar-refractivity contribution in [1.29, 1.82) is 0 Å². The summed E-state index contributed by atoms with van der Waals surface area (Å²) in [6.07, 6.45) is 0. The summed E-state index contributed by atoms with van der Waals surface area (Å²) in [7, 11) is 0. The van der Waals surface area contributed by atoms with Gasteiger partial charge in [0, 0.05) is 28.4 Å². The van der Waals surface area contributed by atoms with Gasteiger partial charge in [-0.2, -0.15) is 0 Å². The predicted molar refractivity (Wildman–Crippen MR) is 67.4 cm³/mol. The van der Waals surface area contributed by atoms with Gasteiger partial charge in [0.15, 0.2) is 0 Å². The molecule has 0 aliphatic heterocycles. The van der Waals surface area contributed by atoms with Gasteiger partial charge in [-0.05, 0) is 32.9 Å². The van der Waals surface area contributed by atoms with Crippen LogP contribution in [0.15, 0.2) is 17.5 Å². The Morgan fingerprint density at radius 1 is 1.19 bits per heavy atom. The highest BCUT2D eigenvalue weighted by atomic mass is 32.1. The normalized spacial score (nSPS) is 12.8. The number of rotatable bonds is 2. The van der Waals surface area contributed by atoms with Crippen LogP contribution in [-0.4, -0.2) is 9.97 Å². The molecule has 0 fully saturated rings. The third-order valence-electron chi connectivity index (χ3n) is 2.32. The predicted octanol–water partition coefficient (Wildman–Crippen LogP) is 2.84. The smallest absolute Gasteiger partial charge is 0.123 e. The zero-order chi connectivity index (χ0) is 11.7. The number of hydrogen-bond donors (Lipinski definition) is 1. The Labute approximate surface area is 99.4 Å². The molecule has 2 heterocycles. The Bertz CT molecular complexity index is 482. The second kappa shape index (κ2) is 4.31. The van der Waals surface area contributed by atoms with Crippen LogP contribution in [0.5, 0.6) is 0 Å². The number of aryl methyl sites for hydroxylation is 2. The van der Waals surface area contributed by atoms with Crippen molar-refractivity contribution in [3.8, 4) is 10.6 Å². The number of thiazole rings is 1. The highest BCUT2D eigenvalue weighted by Crippen LogP contribution is 2.26. The van der Waals surface area contributed by atoms with Gasteiger partial charge in [-0.1, -0.05) is 0 Å². The molecule has 0 bridgehead atoms. The van der Waals surface area contributed by atoms with Crippen molar-refractivity contribution in [2.24, 2.45) is 5.73 Å². The third-order valence-corrected chi connectivity index (χ3v) is 3.23. The maximum Gasteiger partial charge on any atom is 0.123 e. The molecule has 0 amide bonds. The van der Waals surface area contributed by atoms with Crippen LogP contribution in [0.25, 0.3) is 10.6 Å². The van der Waals surface area contributed by atoms with Crippen molar-refractivity contribution in [2.45, 2.75) is 26.8 Å². The van der Waals surface area contributed by atoms with Crippen LogP contribution >= 0.6 is 11.3 Å². The molecule has 0 radical (unpaired) electrons. The van der Waals surface area contributed by atoms with Crippen molar-refractivity contribution < 1.29 is 0 Å². The molecule has 0 spiro atoms. The monoisotopic (exact) mass is 233 g/mol. The van der Waals surface area contributed by atoms with E-state index in [4.69, 9.17) is 5.73 Å². The first-order valence-electron chi connectivity index (χ1n) is 5.23. The largest absolute Gasteiger partial charge is 0.323 e. The van der Waals surface area contributed by atoms with Crippen LogP contribution in [0.3, 0.4) is 0 Å². The molecule has 84 valence electrons. The standard InChI is InChI=1S/C12H15N3S/c1-7-4-10(5-8(2)14-7)12-15-11(6-16-12)9(3)13/h4-6,9H,13H2,1-3H3. The first-order valence-corrected chi connectivity index (χ1v) is 6.11. The molecule has 16 heavy (non-hydrogen) atoms. The Morgan fingerprint density at radius 2 is 1.81 bits per heavy atom. The molecule has 2 aromatic rings. The maximum absolute atomic E-state index is 5.80. The van der Waals surface area contributed by atoms with Crippen molar-refractivity contribution in [3.05, 3.63) is 34.6 Å². The van der Waals surface area contributed by atoms with E-state index in [2.05, 4.69) is 22.1 Å². The zero-order valence-electron chi connectivity index (χ0n) is 9.69. The van der Waals surface area contributed by atoms with Crippen LogP contribution in [-0.2, 0) is 0 Å². The molecule has 1 atom stereocenters. The van der Waals surface area contributed by atoms with Gasteiger partial charge in [0.1, 0.15) is 5.01 Å². The minimum atomic E-state index is -0.00553. The molecular weight excluding hydrogens is 218 g/mol. The second-order valence-corrected chi connectivity index (χ2v) is 4.86. The van der Waals surface area contributed by atoms with Gasteiger partial charge in [-0.3, -0.25) is 4.98 Å². The molecule has 2 aromatic heterocycles. The van der Waals surface area contributed by atoms with Crippen LogP contribution in [0, 0.1) is 13.8 Å². The van der Waals surface area contributed by atoms with Crippen LogP contribution in [0.2, 0.25) is 0 Å². The molecule has 0 saturated heterocycles. The molecule has 3 nitrogen and oxygen atoms in total. The van der Waals surface area contributed by atoms with E-state index in [0.29, 0.717) is 0 Å². The lowest BCUT2D eigenvalue weighted by atomic mass is 10.2. The Morgan fingerprint density at radius 3 is 2.31 bits per heavy atom. The summed E-state index contributed by atoms with van der Waals surface area (Å²) >= 11 is 1.63. The molecule has 0 aliphatic rings. The first kappa shape index (κ1) is 11.2. The lowest BCUT2D eigenvalue weighted by Crippen LogP contribution is -2.04. The van der Waals surface area contributed by atoms with E-state index < -0.39 is 0 Å². The van der Waals surface area contributed by atoms with Gasteiger partial charge in [-0.25, -0.2) is 4.98 Å². The quantitative estimate of drug-likeness (QED) is 0.867. The fourth-order valence-electron chi connectivity index (χ4n) is 1.59. The Balaban J connectivity index is 2.42. The Kier molecular flexibility index (Phi) is 3.03. The van der Waals surface area contributed by atoms with E-state index in [1.54, 1.807) is 11.3 Å². The van der Waals surface area contributed by atoms with Crippen molar-refractivity contribution in [1.82, 2.24) is 9.97 Å². The molecule has 2 N–H and O–H groups in total. The molecular formula is C12H15N3S. The highest BCUT2D eigenvalue weighted by molar-refractivity contribution is 7.13. The topological polar surface area (TPSA) is 51.8 Å². The summed E-state index contributed by atoms with van der Waals surface area (Å²) in [5.74, 6) is 0. The van der Waals surface area contributed by atoms with E-state index in [9.17, 15) is 0 Å². The second-order valence-electron chi connectivity index (χ2n) is 4.00. The number of nitrogens with zero attached hydrogens (tertiary/aromatic N) is 2. The fraction of sp³-hybridized carbons (Fsp3) is 0.333. The summed E-state index contributed by atoms with van der Waals surface area (Å²) in [4.78, 5) is 8.88. The highest BCUT2D eigenvalue weighted by Gasteiger charge is 2.08. The fourth-order valence-corrected chi connectivity index (χ4v) is 2.50. The summed E-state index contributed by atoms with van der Waals surface area (Å²) in [6.45, 7) is 5.94. The number of hydrogen-bond acceptors (Lipinski definition) is 4. The lowest BCUT2D eigenvalue weighted by Gasteiger charge is -2.01. The van der Waals surface area contributed by atoms with Crippen molar-refractivity contribution in [2.75, 3.05) is 0 Å². The summed E-state index contributed by atoms with van der Waals surface area (Å²) in [6, 6.07) is 4.10. The lowest BCUT2D eigenvalue weighted by molar-refractivity contribution is 0.790. The summed E-state index contributed by atoms with van der Waals surface area (Å²) < 4.78 is 0. The summed E-state index contributed by atoms with van der Waals surface area (Å²) in [5.41, 5.74) is 9.92. The Hall–Kier alpha value is -1.26. The SMILES string of the molecule is Cc1cc(-c2nc(C(C)N)cs2)cc(C)n1. The van der Waals surface area contributed by atoms with Gasteiger partial charge in [0.2, 0.25) is 0 Å². The van der Waals surface area contributed by atoms with E-state index in [1.807, 2.05) is 26.2 Å². The minimum absolute atomic E-state index is 0.00553. The molecule has 0 saturated carbocycles. The van der Waals surface area contributed by atoms with Gasteiger partial charge >= 0.3 is 0 Å². The number of nitrogens with two attached hydrogens (primary N) is 1. The average molecular weight is 233 g/mol. The van der Waals surface area contributed by atoms with Crippen molar-refractivity contribution >= 4 is 11.3 Å². The van der Waals surface area contributed by atoms with Gasteiger partial charge < -0.3 is 5.73 Å². The zero-order valence-corrected chi connectivity index (χ0v) is 10.5. The minimum Gasteiger partial charge on any atom is -0.323 e. The third kappa shape index (κ3) is 2.28. The van der Waals surface area contributed by atoms with E-state index in [1.165, 1.54) is 0 Å². The van der Waals surface area contributed by atoms with Crippen LogP contribution in [0.4, 0.5) is 0 Å². The molecule has 4 heteroatoms. The van der Waals surface area contributed by atoms with Crippen molar-refractivity contribution in [3.63, 3.8) is 0 Å². The molecule has 0 aliphatic carbocycles. The molecule has 2 rings (SSSR count). The average Bonchev–Trinajstić information content (AvgIpc) is 2.64. The molecule has 0 aromatic carbocycles. The van der Waals surface area contributed by atoms with Gasteiger partial charge in [-0.15, -0.1) is 11.3 Å². The first-order chi connectivity index (χ1) is 7.56. The molecule has 1 unspecified atom stereocenters. The van der Waals surface area contributed by atoms with Gasteiger partial charge in [0.25, 0.3) is 0 Å². The van der Waals surface area contributed by atoms with Crippen LogP contribution in [0.1, 0.15) is 30.0 Å². The maximum atomic E-state index is 5.80. The number of aromatic nitrogens is 2. The van der Waals surface area contributed by atoms with E-state index in [-0.39, 0.29) is 6.04 Å². The van der Waals surface area contributed by atoms with E-state index in [0.717, 1.165) is 27.7 Å². The number of pyridine rings is 1.